The van der Waals surface area contributed by atoms with Crippen LogP contribution in [0.4, 0.5) is 0 Å². The highest BCUT2D eigenvalue weighted by molar-refractivity contribution is 5.03. The number of hydrogen-bond donors (Lipinski definition) is 0. The minimum Gasteiger partial charge on any atom is -0.275 e. The zero-order chi connectivity index (χ0) is 7.40. The molecule has 0 fully saturated rings. The largest absolute Gasteiger partial charge is 0.275 e. The first kappa shape index (κ1) is 7.06. The Bertz CT molecular complexity index is 191. The van der Waals surface area contributed by atoms with Crippen LogP contribution in [0.5, 0.6) is 0 Å². The standard InChI is InChI=1S/C8H12NO/c1-3-8-5-4-6-9(7-8)10-2/h4-7H,3H2,1-2H3/q+1. The Labute approximate surface area is 61.0 Å². The summed E-state index contributed by atoms with van der Waals surface area (Å²) >= 11 is 0. The highest BCUT2D eigenvalue weighted by Crippen LogP contribution is 1.92. The Morgan fingerprint density at radius 2 is 2.40 bits per heavy atom. The van der Waals surface area contributed by atoms with E-state index in [4.69, 9.17) is 4.84 Å². The number of aryl methyl sites for hydroxylation is 1. The van der Waals surface area contributed by atoms with Gasteiger partial charge in [-0.25, -0.2) is 0 Å². The number of aromatic nitrogens is 1. The molecule has 0 aliphatic rings. The summed E-state index contributed by atoms with van der Waals surface area (Å²) in [5.74, 6) is 0. The zero-order valence-electron chi connectivity index (χ0n) is 6.37. The van der Waals surface area contributed by atoms with Gasteiger partial charge in [0.1, 0.15) is 7.11 Å². The summed E-state index contributed by atoms with van der Waals surface area (Å²) in [6.07, 6.45) is 4.89. The molecule has 0 bridgehead atoms. The van der Waals surface area contributed by atoms with E-state index in [1.807, 2.05) is 18.5 Å². The van der Waals surface area contributed by atoms with Crippen LogP contribution < -0.4 is 9.57 Å². The molecule has 1 aromatic rings. The zero-order valence-corrected chi connectivity index (χ0v) is 6.37. The van der Waals surface area contributed by atoms with E-state index in [2.05, 4.69) is 13.0 Å². The maximum absolute atomic E-state index is 4.97. The van der Waals surface area contributed by atoms with Crippen molar-refractivity contribution in [2.45, 2.75) is 13.3 Å². The lowest BCUT2D eigenvalue weighted by atomic mass is 10.2. The predicted octanol–water partition coefficient (Wildman–Crippen LogP) is 0.595. The van der Waals surface area contributed by atoms with Gasteiger partial charge in [0, 0.05) is 16.4 Å². The Morgan fingerprint density at radius 1 is 1.60 bits per heavy atom. The number of nitrogens with zero attached hydrogens (tertiary/aromatic N) is 1. The van der Waals surface area contributed by atoms with Gasteiger partial charge in [-0.3, -0.25) is 4.84 Å². The molecule has 2 heteroatoms. The van der Waals surface area contributed by atoms with Crippen molar-refractivity contribution in [3.8, 4) is 0 Å². The first-order valence-electron chi connectivity index (χ1n) is 3.41. The van der Waals surface area contributed by atoms with Crippen LogP contribution in [0.15, 0.2) is 24.5 Å². The molecule has 0 saturated carbocycles. The van der Waals surface area contributed by atoms with E-state index in [9.17, 15) is 0 Å². The van der Waals surface area contributed by atoms with E-state index >= 15 is 0 Å². The molecule has 10 heavy (non-hydrogen) atoms. The van der Waals surface area contributed by atoms with Gasteiger partial charge < -0.3 is 0 Å². The van der Waals surface area contributed by atoms with Crippen molar-refractivity contribution in [1.29, 1.82) is 0 Å². The van der Waals surface area contributed by atoms with Crippen molar-refractivity contribution in [2.75, 3.05) is 7.11 Å². The van der Waals surface area contributed by atoms with Crippen LogP contribution in [-0.4, -0.2) is 7.11 Å². The van der Waals surface area contributed by atoms with Gasteiger partial charge in [0.2, 0.25) is 12.4 Å². The molecule has 0 aliphatic carbocycles. The molecule has 0 radical (unpaired) electrons. The van der Waals surface area contributed by atoms with Crippen LogP contribution in [0.25, 0.3) is 0 Å². The maximum Gasteiger partial charge on any atom is 0.225 e. The fourth-order valence-electron chi connectivity index (χ4n) is 0.824. The van der Waals surface area contributed by atoms with Gasteiger partial charge in [0.05, 0.1) is 0 Å². The molecule has 0 N–H and O–H groups in total. The SMILES string of the molecule is CCc1ccc[n+](OC)c1. The lowest BCUT2D eigenvalue weighted by Gasteiger charge is -1.92. The molecule has 2 nitrogen and oxygen atoms in total. The molecule has 1 aromatic heterocycles. The summed E-state index contributed by atoms with van der Waals surface area (Å²) in [7, 11) is 1.65. The van der Waals surface area contributed by atoms with Crippen molar-refractivity contribution in [2.24, 2.45) is 0 Å². The molecule has 54 valence electrons. The summed E-state index contributed by atoms with van der Waals surface area (Å²) in [5, 5.41) is 0. The molecule has 0 spiro atoms. The first-order valence-corrected chi connectivity index (χ1v) is 3.41. The Balaban J connectivity index is 2.87. The van der Waals surface area contributed by atoms with Gasteiger partial charge >= 0.3 is 0 Å². The molecule has 0 atom stereocenters. The van der Waals surface area contributed by atoms with Crippen molar-refractivity contribution in [3.05, 3.63) is 30.1 Å². The van der Waals surface area contributed by atoms with E-state index < -0.39 is 0 Å². The molecule has 0 saturated heterocycles. The average Bonchev–Trinajstić information content (AvgIpc) is 2.05. The minimum atomic E-state index is 1.05. The predicted molar refractivity (Wildman–Crippen MR) is 38.5 cm³/mol. The quantitative estimate of drug-likeness (QED) is 0.545. The van der Waals surface area contributed by atoms with E-state index in [1.165, 1.54) is 5.56 Å². The number of rotatable bonds is 2. The lowest BCUT2D eigenvalue weighted by molar-refractivity contribution is -0.885. The summed E-state index contributed by atoms with van der Waals surface area (Å²) in [6, 6.07) is 4.05. The monoisotopic (exact) mass is 138 g/mol. The van der Waals surface area contributed by atoms with Gasteiger partial charge in [0.15, 0.2) is 0 Å². The average molecular weight is 138 g/mol. The molecule has 0 amide bonds. The third kappa shape index (κ3) is 1.47. The second kappa shape index (κ2) is 3.20. The van der Waals surface area contributed by atoms with Gasteiger partial charge in [-0.1, -0.05) is 6.92 Å². The van der Waals surface area contributed by atoms with Gasteiger partial charge in [-0.2, -0.15) is 0 Å². The number of pyridine rings is 1. The Hall–Kier alpha value is -1.05. The van der Waals surface area contributed by atoms with Crippen LogP contribution in [0.1, 0.15) is 12.5 Å². The lowest BCUT2D eigenvalue weighted by Crippen LogP contribution is -2.39. The van der Waals surface area contributed by atoms with E-state index in [1.54, 1.807) is 11.8 Å². The molecule has 1 rings (SSSR count). The van der Waals surface area contributed by atoms with E-state index in [0.29, 0.717) is 0 Å². The summed E-state index contributed by atoms with van der Waals surface area (Å²) in [5.41, 5.74) is 1.28. The van der Waals surface area contributed by atoms with Crippen LogP contribution in [0.3, 0.4) is 0 Å². The summed E-state index contributed by atoms with van der Waals surface area (Å²) < 4.78 is 1.69. The van der Waals surface area contributed by atoms with Gasteiger partial charge in [-0.05, 0) is 12.5 Å². The minimum absolute atomic E-state index is 1.05. The highest BCUT2D eigenvalue weighted by Gasteiger charge is 1.97. The van der Waals surface area contributed by atoms with E-state index in [0.717, 1.165) is 6.42 Å². The first-order chi connectivity index (χ1) is 4.86. The second-order valence-electron chi connectivity index (χ2n) is 2.11. The fourth-order valence-corrected chi connectivity index (χ4v) is 0.824. The third-order valence-corrected chi connectivity index (χ3v) is 1.46. The van der Waals surface area contributed by atoms with Crippen molar-refractivity contribution in [3.63, 3.8) is 0 Å². The fraction of sp³-hybridized carbons (Fsp3) is 0.375. The van der Waals surface area contributed by atoms with Gasteiger partial charge in [-0.15, -0.1) is 0 Å². The van der Waals surface area contributed by atoms with Crippen LogP contribution in [-0.2, 0) is 6.42 Å². The molecule has 0 unspecified atom stereocenters. The smallest absolute Gasteiger partial charge is 0.225 e. The molecule has 0 aliphatic heterocycles. The van der Waals surface area contributed by atoms with Crippen molar-refractivity contribution >= 4 is 0 Å². The third-order valence-electron chi connectivity index (χ3n) is 1.46. The van der Waals surface area contributed by atoms with Crippen molar-refractivity contribution < 1.29 is 9.57 Å². The highest BCUT2D eigenvalue weighted by atomic mass is 16.6. The molecule has 1 heterocycles. The summed E-state index contributed by atoms with van der Waals surface area (Å²) in [4.78, 5) is 4.97. The topological polar surface area (TPSA) is 13.1 Å². The molecular formula is C8H12NO+. The maximum atomic E-state index is 4.97. The Kier molecular flexibility index (Phi) is 2.26. The van der Waals surface area contributed by atoms with Crippen LogP contribution >= 0.6 is 0 Å². The van der Waals surface area contributed by atoms with Crippen molar-refractivity contribution in [1.82, 2.24) is 0 Å². The molecule has 0 aromatic carbocycles. The second-order valence-corrected chi connectivity index (χ2v) is 2.11. The summed E-state index contributed by atoms with van der Waals surface area (Å²) in [6.45, 7) is 2.12. The number of hydrogen-bond acceptors (Lipinski definition) is 1. The Morgan fingerprint density at radius 3 is 3.00 bits per heavy atom. The van der Waals surface area contributed by atoms with E-state index in [-0.39, 0.29) is 0 Å². The van der Waals surface area contributed by atoms with Crippen LogP contribution in [0.2, 0.25) is 0 Å². The van der Waals surface area contributed by atoms with Crippen LogP contribution in [0, 0.1) is 0 Å². The normalized spacial score (nSPS) is 9.40. The molecular weight excluding hydrogens is 126 g/mol. The van der Waals surface area contributed by atoms with Gasteiger partial charge in [0.25, 0.3) is 0 Å².